The molecular weight excluding hydrogens is 148 g/mol. The Morgan fingerprint density at radius 1 is 1.82 bits per heavy atom. The first-order valence-corrected chi connectivity index (χ1v) is 3.40. The number of aliphatic carboxylic acids is 1. The van der Waals surface area contributed by atoms with Gasteiger partial charge in [0.2, 0.25) is 0 Å². The van der Waals surface area contributed by atoms with Crippen molar-refractivity contribution in [2.75, 3.05) is 13.1 Å². The lowest BCUT2D eigenvalue weighted by molar-refractivity contribution is -0.141. The average Bonchev–Trinajstić information content (AvgIpc) is 2.33. The Hall–Kier alpha value is -1.26. The van der Waals surface area contributed by atoms with Crippen LogP contribution in [-0.4, -0.2) is 41.1 Å². The van der Waals surface area contributed by atoms with Gasteiger partial charge in [0, 0.05) is 13.1 Å². The van der Waals surface area contributed by atoms with Crippen molar-refractivity contribution < 1.29 is 14.7 Å². The maximum Gasteiger partial charge on any atom is 0.326 e. The summed E-state index contributed by atoms with van der Waals surface area (Å²) in [4.78, 5) is 22.6. The van der Waals surface area contributed by atoms with Crippen molar-refractivity contribution in [3.05, 3.63) is 0 Å². The monoisotopic (exact) mass is 158 g/mol. The Balaban J connectivity index is 2.59. The summed E-state index contributed by atoms with van der Waals surface area (Å²) in [6.45, 7) is 2.51. The number of carboxylic acids is 1. The van der Waals surface area contributed by atoms with Crippen molar-refractivity contribution in [3.63, 3.8) is 0 Å². The van der Waals surface area contributed by atoms with E-state index in [0.29, 0.717) is 13.1 Å². The summed E-state index contributed by atoms with van der Waals surface area (Å²) < 4.78 is 0. The van der Waals surface area contributed by atoms with Gasteiger partial charge in [-0.25, -0.2) is 9.59 Å². The first-order valence-electron chi connectivity index (χ1n) is 3.40. The lowest BCUT2D eigenvalue weighted by Gasteiger charge is -2.18. The first kappa shape index (κ1) is 7.84. The van der Waals surface area contributed by atoms with Crippen LogP contribution in [0.25, 0.3) is 0 Å². The molecule has 5 heteroatoms. The highest BCUT2D eigenvalue weighted by Crippen LogP contribution is 2.03. The molecule has 62 valence electrons. The third-order valence-electron chi connectivity index (χ3n) is 1.71. The van der Waals surface area contributed by atoms with Gasteiger partial charge in [-0.3, -0.25) is 0 Å². The molecule has 0 spiro atoms. The molecule has 0 unspecified atom stereocenters. The van der Waals surface area contributed by atoms with Gasteiger partial charge in [-0.15, -0.1) is 0 Å². The Morgan fingerprint density at radius 2 is 2.45 bits per heavy atom. The molecule has 5 nitrogen and oxygen atoms in total. The number of nitrogens with one attached hydrogen (secondary N) is 1. The highest BCUT2D eigenvalue weighted by atomic mass is 16.4. The van der Waals surface area contributed by atoms with E-state index >= 15 is 0 Å². The van der Waals surface area contributed by atoms with Gasteiger partial charge in [-0.2, -0.15) is 0 Å². The van der Waals surface area contributed by atoms with Crippen molar-refractivity contribution in [1.82, 2.24) is 10.2 Å². The summed E-state index contributed by atoms with van der Waals surface area (Å²) in [6.07, 6.45) is 0. The molecule has 0 bridgehead atoms. The molecule has 0 aromatic rings. The van der Waals surface area contributed by atoms with E-state index < -0.39 is 12.0 Å². The molecule has 0 aromatic carbocycles. The summed E-state index contributed by atoms with van der Waals surface area (Å²) in [5, 5.41) is 11.1. The van der Waals surface area contributed by atoms with Crippen LogP contribution in [0.2, 0.25) is 0 Å². The molecule has 1 saturated heterocycles. The van der Waals surface area contributed by atoms with E-state index in [1.54, 1.807) is 0 Å². The number of carboxylic acid groups (broad SMARTS) is 1. The third kappa shape index (κ3) is 1.42. The number of amides is 2. The molecule has 1 atom stereocenters. The Kier molecular flexibility index (Phi) is 1.98. The minimum Gasteiger partial charge on any atom is -0.480 e. The standard InChI is InChI=1S/C6H10N2O3/c1-4(5(9)10)8-3-2-7-6(8)11/h4H,2-3H2,1H3,(H,7,11)(H,9,10)/t4-/m0/s1. The molecule has 0 radical (unpaired) electrons. The number of hydrogen-bond acceptors (Lipinski definition) is 2. The zero-order chi connectivity index (χ0) is 8.43. The van der Waals surface area contributed by atoms with Crippen LogP contribution in [0.4, 0.5) is 4.79 Å². The van der Waals surface area contributed by atoms with Gasteiger partial charge in [0.15, 0.2) is 0 Å². The van der Waals surface area contributed by atoms with Gasteiger partial charge in [0.05, 0.1) is 0 Å². The molecule has 0 saturated carbocycles. The lowest BCUT2D eigenvalue weighted by Crippen LogP contribution is -2.40. The summed E-state index contributed by atoms with van der Waals surface area (Å²) in [6, 6.07) is -1.02. The predicted octanol–water partition coefficient (Wildman–Crippen LogP) is -0.515. The van der Waals surface area contributed by atoms with E-state index in [1.165, 1.54) is 11.8 Å². The molecule has 2 amide bonds. The third-order valence-corrected chi connectivity index (χ3v) is 1.71. The fraction of sp³-hybridized carbons (Fsp3) is 0.667. The quantitative estimate of drug-likeness (QED) is 0.568. The van der Waals surface area contributed by atoms with Crippen molar-refractivity contribution in [3.8, 4) is 0 Å². The number of hydrogen-bond donors (Lipinski definition) is 2. The van der Waals surface area contributed by atoms with Crippen LogP contribution < -0.4 is 5.32 Å². The highest BCUT2D eigenvalue weighted by Gasteiger charge is 2.28. The number of carbonyl (C=O) groups excluding carboxylic acids is 1. The number of urea groups is 1. The van der Waals surface area contributed by atoms with Crippen LogP contribution in [0.1, 0.15) is 6.92 Å². The average molecular weight is 158 g/mol. The first-order chi connectivity index (χ1) is 5.13. The second kappa shape index (κ2) is 2.77. The summed E-state index contributed by atoms with van der Waals surface area (Å²) in [5.41, 5.74) is 0. The summed E-state index contributed by atoms with van der Waals surface area (Å²) in [5.74, 6) is -0.970. The molecule has 0 aliphatic carbocycles. The van der Waals surface area contributed by atoms with Crippen molar-refractivity contribution in [2.24, 2.45) is 0 Å². The number of rotatable bonds is 2. The molecular formula is C6H10N2O3. The fourth-order valence-electron chi connectivity index (χ4n) is 0.989. The fourth-order valence-corrected chi connectivity index (χ4v) is 0.989. The van der Waals surface area contributed by atoms with Gasteiger partial charge in [-0.1, -0.05) is 0 Å². The van der Waals surface area contributed by atoms with Crippen LogP contribution in [0.3, 0.4) is 0 Å². The second-order valence-corrected chi connectivity index (χ2v) is 2.44. The molecule has 1 heterocycles. The summed E-state index contributed by atoms with van der Waals surface area (Å²) >= 11 is 0. The summed E-state index contributed by atoms with van der Waals surface area (Å²) in [7, 11) is 0. The lowest BCUT2D eigenvalue weighted by atomic mass is 10.3. The van der Waals surface area contributed by atoms with Crippen LogP contribution in [-0.2, 0) is 4.79 Å². The van der Waals surface area contributed by atoms with Crippen molar-refractivity contribution >= 4 is 12.0 Å². The maximum absolute atomic E-state index is 10.9. The van der Waals surface area contributed by atoms with E-state index in [1.807, 2.05) is 0 Å². The minimum atomic E-state index is -0.970. The maximum atomic E-state index is 10.9. The van der Waals surface area contributed by atoms with Crippen LogP contribution >= 0.6 is 0 Å². The number of carbonyl (C=O) groups is 2. The van der Waals surface area contributed by atoms with Gasteiger partial charge in [0.25, 0.3) is 0 Å². The predicted molar refractivity (Wildman–Crippen MR) is 37.2 cm³/mol. The SMILES string of the molecule is C[C@@H](C(=O)O)N1CCNC1=O. The smallest absolute Gasteiger partial charge is 0.326 e. The van der Waals surface area contributed by atoms with Crippen LogP contribution in [0, 0.1) is 0 Å². The van der Waals surface area contributed by atoms with E-state index in [4.69, 9.17) is 5.11 Å². The molecule has 0 aromatic heterocycles. The van der Waals surface area contributed by atoms with Gasteiger partial charge >= 0.3 is 12.0 Å². The van der Waals surface area contributed by atoms with Crippen molar-refractivity contribution in [2.45, 2.75) is 13.0 Å². The molecule has 2 N–H and O–H groups in total. The zero-order valence-corrected chi connectivity index (χ0v) is 6.20. The van der Waals surface area contributed by atoms with E-state index in [-0.39, 0.29) is 6.03 Å². The molecule has 1 fully saturated rings. The topological polar surface area (TPSA) is 69.6 Å². The largest absolute Gasteiger partial charge is 0.480 e. The normalized spacial score (nSPS) is 19.7. The van der Waals surface area contributed by atoms with Crippen LogP contribution in [0.15, 0.2) is 0 Å². The minimum absolute atomic E-state index is 0.292. The number of nitrogens with zero attached hydrogens (tertiary/aromatic N) is 1. The Morgan fingerprint density at radius 3 is 2.82 bits per heavy atom. The molecule has 1 rings (SSSR count). The van der Waals surface area contributed by atoms with Crippen LogP contribution in [0.5, 0.6) is 0 Å². The molecule has 11 heavy (non-hydrogen) atoms. The Labute approximate surface area is 64.0 Å². The molecule has 1 aliphatic heterocycles. The van der Waals surface area contributed by atoms with E-state index in [0.717, 1.165) is 0 Å². The van der Waals surface area contributed by atoms with E-state index in [2.05, 4.69) is 5.32 Å². The highest BCUT2D eigenvalue weighted by molar-refractivity contribution is 5.83. The van der Waals surface area contributed by atoms with Crippen molar-refractivity contribution in [1.29, 1.82) is 0 Å². The second-order valence-electron chi connectivity index (χ2n) is 2.44. The molecule has 1 aliphatic rings. The zero-order valence-electron chi connectivity index (χ0n) is 6.20. The van der Waals surface area contributed by atoms with Gasteiger partial charge < -0.3 is 15.3 Å². The van der Waals surface area contributed by atoms with E-state index in [9.17, 15) is 9.59 Å². The van der Waals surface area contributed by atoms with Gasteiger partial charge in [0.1, 0.15) is 6.04 Å². The Bertz CT molecular complexity index is 192. The van der Waals surface area contributed by atoms with Gasteiger partial charge in [-0.05, 0) is 6.92 Å².